The number of amides is 3. The number of carbonyl (C=O) groups excluding carboxylic acids is 3. The second-order valence-electron chi connectivity index (χ2n) is 11.9. The van der Waals surface area contributed by atoms with Crippen molar-refractivity contribution in [3.05, 3.63) is 86.2 Å². The summed E-state index contributed by atoms with van der Waals surface area (Å²) < 4.78 is 7.82. The van der Waals surface area contributed by atoms with Gasteiger partial charge in [-0.15, -0.1) is 0 Å². The number of halogens is 1. The SMILES string of the molecule is CN1CC(Nc2cnn(C)c(=O)c2Br)CC(c2ccc(C(=O)N3CC(Oc4ccc(C5CCC(=O)NC5=O)cc4)C3)cc2)C1. The number of anilines is 1. The lowest BCUT2D eigenvalue weighted by Gasteiger charge is -2.39. The second kappa shape index (κ2) is 12.5. The van der Waals surface area contributed by atoms with E-state index < -0.39 is 0 Å². The highest BCUT2D eigenvalue weighted by atomic mass is 79.9. The summed E-state index contributed by atoms with van der Waals surface area (Å²) in [5, 5.41) is 10.0. The molecule has 2 aromatic carbocycles. The summed E-state index contributed by atoms with van der Waals surface area (Å²) >= 11 is 3.40. The molecule has 3 fully saturated rings. The first kappa shape index (κ1) is 30.0. The molecule has 3 atom stereocenters. The molecule has 6 rings (SSSR count). The van der Waals surface area contributed by atoms with E-state index in [0.29, 0.717) is 47.4 Å². The van der Waals surface area contributed by atoms with E-state index in [1.165, 1.54) is 10.2 Å². The van der Waals surface area contributed by atoms with Gasteiger partial charge < -0.3 is 19.9 Å². The number of benzene rings is 2. The maximum absolute atomic E-state index is 13.1. The van der Waals surface area contributed by atoms with Gasteiger partial charge in [-0.05, 0) is 77.1 Å². The standard InChI is InChI=1S/C32H35BrN6O5/c1-37-15-22(13-23(16-37)35-27-14-34-38(2)32(43)29(27)33)19-3-5-21(6-4-19)31(42)39-17-25(18-39)44-24-9-7-20(8-10-24)26-11-12-28(40)36-30(26)41/h3-10,14,22-23,25-26,35H,11-13,15-18H2,1-2H3,(H,36,40,41). The number of hydrogen-bond donors (Lipinski definition) is 2. The summed E-state index contributed by atoms with van der Waals surface area (Å²) in [7, 11) is 3.71. The van der Waals surface area contributed by atoms with Crippen molar-refractivity contribution in [3.8, 4) is 5.75 Å². The van der Waals surface area contributed by atoms with Crippen molar-refractivity contribution in [1.82, 2.24) is 24.9 Å². The smallest absolute Gasteiger partial charge is 0.282 e. The average molecular weight is 664 g/mol. The molecule has 3 unspecified atom stereocenters. The third-order valence-corrected chi connectivity index (χ3v) is 9.43. The normalized spacial score (nSPS) is 22.7. The molecular formula is C32H35BrN6O5. The van der Waals surface area contributed by atoms with E-state index in [-0.39, 0.29) is 47.3 Å². The number of ether oxygens (including phenoxy) is 1. The number of imide groups is 1. The summed E-state index contributed by atoms with van der Waals surface area (Å²) in [6, 6.07) is 15.4. The van der Waals surface area contributed by atoms with Crippen molar-refractivity contribution in [1.29, 1.82) is 0 Å². The fraction of sp³-hybridized carbons (Fsp3) is 0.406. The highest BCUT2D eigenvalue weighted by Crippen LogP contribution is 2.31. The van der Waals surface area contributed by atoms with E-state index in [0.717, 1.165) is 25.1 Å². The minimum Gasteiger partial charge on any atom is -0.487 e. The topological polar surface area (TPSA) is 126 Å². The Hall–Kier alpha value is -4.03. The Kier molecular flexibility index (Phi) is 8.55. The number of carbonyl (C=O) groups is 3. The minimum absolute atomic E-state index is 0.0204. The van der Waals surface area contributed by atoms with Crippen molar-refractivity contribution in [2.24, 2.45) is 7.05 Å². The lowest BCUT2D eigenvalue weighted by molar-refractivity contribution is -0.134. The number of nitrogens with one attached hydrogen (secondary N) is 2. The molecule has 4 heterocycles. The van der Waals surface area contributed by atoms with Crippen LogP contribution in [0.3, 0.4) is 0 Å². The zero-order chi connectivity index (χ0) is 31.0. The molecule has 12 heteroatoms. The summed E-state index contributed by atoms with van der Waals surface area (Å²) in [6.45, 7) is 2.75. The fourth-order valence-corrected chi connectivity index (χ4v) is 6.71. The van der Waals surface area contributed by atoms with Gasteiger partial charge in [0.2, 0.25) is 11.8 Å². The van der Waals surface area contributed by atoms with Crippen LogP contribution in [-0.2, 0) is 16.6 Å². The number of likely N-dealkylation sites (tertiary alicyclic amines) is 2. The molecule has 1 aromatic heterocycles. The molecule has 3 aliphatic rings. The Labute approximate surface area is 263 Å². The number of nitrogens with zero attached hydrogens (tertiary/aromatic N) is 4. The Bertz CT molecular complexity index is 1620. The van der Waals surface area contributed by atoms with Gasteiger partial charge in [0.25, 0.3) is 11.5 Å². The molecular weight excluding hydrogens is 628 g/mol. The molecule has 0 spiro atoms. The van der Waals surface area contributed by atoms with Gasteiger partial charge in [-0.3, -0.25) is 24.5 Å². The number of rotatable bonds is 7. The van der Waals surface area contributed by atoms with Crippen molar-refractivity contribution in [3.63, 3.8) is 0 Å². The molecule has 3 aromatic rings. The van der Waals surface area contributed by atoms with Gasteiger partial charge in [0.1, 0.15) is 16.3 Å². The van der Waals surface area contributed by atoms with Gasteiger partial charge in [-0.25, -0.2) is 4.68 Å². The number of aryl methyl sites for hydroxylation is 1. The first-order chi connectivity index (χ1) is 21.1. The minimum atomic E-state index is -0.326. The molecule has 11 nitrogen and oxygen atoms in total. The van der Waals surface area contributed by atoms with Crippen molar-refractivity contribution >= 4 is 39.3 Å². The molecule has 2 N–H and O–H groups in total. The lowest BCUT2D eigenvalue weighted by Crippen LogP contribution is -2.56. The van der Waals surface area contributed by atoms with E-state index >= 15 is 0 Å². The maximum atomic E-state index is 13.1. The molecule has 230 valence electrons. The molecule has 44 heavy (non-hydrogen) atoms. The van der Waals surface area contributed by atoms with Crippen LogP contribution in [0.2, 0.25) is 0 Å². The molecule has 0 bridgehead atoms. The summed E-state index contributed by atoms with van der Waals surface area (Å²) in [5.41, 5.74) is 3.18. The Balaban J connectivity index is 1.01. The second-order valence-corrected chi connectivity index (χ2v) is 12.7. The van der Waals surface area contributed by atoms with Gasteiger partial charge in [-0.1, -0.05) is 24.3 Å². The highest BCUT2D eigenvalue weighted by Gasteiger charge is 2.34. The van der Waals surface area contributed by atoms with E-state index in [1.54, 1.807) is 18.1 Å². The summed E-state index contributed by atoms with van der Waals surface area (Å²) in [4.78, 5) is 53.0. The predicted molar refractivity (Wildman–Crippen MR) is 168 cm³/mol. The third kappa shape index (κ3) is 6.41. The Morgan fingerprint density at radius 2 is 1.68 bits per heavy atom. The number of aromatic nitrogens is 2. The van der Waals surface area contributed by atoms with Crippen molar-refractivity contribution in [2.75, 3.05) is 38.5 Å². The van der Waals surface area contributed by atoms with Crippen molar-refractivity contribution < 1.29 is 19.1 Å². The van der Waals surface area contributed by atoms with Crippen LogP contribution < -0.4 is 20.9 Å². The largest absolute Gasteiger partial charge is 0.487 e. The fourth-order valence-electron chi connectivity index (χ4n) is 6.24. The monoisotopic (exact) mass is 662 g/mol. The van der Waals surface area contributed by atoms with Crippen LogP contribution in [0.25, 0.3) is 0 Å². The van der Waals surface area contributed by atoms with Crippen LogP contribution in [0.15, 0.2) is 64.0 Å². The van der Waals surface area contributed by atoms with Gasteiger partial charge >= 0.3 is 0 Å². The van der Waals surface area contributed by atoms with Gasteiger partial charge in [-0.2, -0.15) is 5.10 Å². The van der Waals surface area contributed by atoms with Crippen molar-refractivity contribution in [2.45, 2.75) is 43.2 Å². The molecule has 0 saturated carbocycles. The van der Waals surface area contributed by atoms with E-state index in [4.69, 9.17) is 4.74 Å². The zero-order valence-electron chi connectivity index (χ0n) is 24.7. The van der Waals surface area contributed by atoms with Crippen LogP contribution in [0, 0.1) is 0 Å². The van der Waals surface area contributed by atoms with Gasteiger partial charge in [0.15, 0.2) is 0 Å². The van der Waals surface area contributed by atoms with Crippen LogP contribution >= 0.6 is 15.9 Å². The van der Waals surface area contributed by atoms with Gasteiger partial charge in [0, 0.05) is 38.2 Å². The number of piperidine rings is 2. The maximum Gasteiger partial charge on any atom is 0.282 e. The zero-order valence-corrected chi connectivity index (χ0v) is 26.2. The molecule has 0 aliphatic carbocycles. The molecule has 3 aliphatic heterocycles. The highest BCUT2D eigenvalue weighted by molar-refractivity contribution is 9.10. The molecule has 3 amide bonds. The summed E-state index contributed by atoms with van der Waals surface area (Å²) in [5.74, 6) is 0.131. The first-order valence-electron chi connectivity index (χ1n) is 14.8. The molecule has 3 saturated heterocycles. The van der Waals surface area contributed by atoms with Gasteiger partial charge in [0.05, 0.1) is 30.9 Å². The summed E-state index contributed by atoms with van der Waals surface area (Å²) in [6.07, 6.45) is 3.31. The van der Waals surface area contributed by atoms with Crippen LogP contribution in [0.4, 0.5) is 5.69 Å². The first-order valence-corrected chi connectivity index (χ1v) is 15.6. The lowest BCUT2D eigenvalue weighted by atomic mass is 9.87. The molecule has 0 radical (unpaired) electrons. The Morgan fingerprint density at radius 1 is 0.977 bits per heavy atom. The average Bonchev–Trinajstić information content (AvgIpc) is 2.99. The van der Waals surface area contributed by atoms with Crippen LogP contribution in [0.5, 0.6) is 5.75 Å². The quantitative estimate of drug-likeness (QED) is 0.370. The van der Waals surface area contributed by atoms with Crippen LogP contribution in [-0.4, -0.2) is 82.7 Å². The third-order valence-electron chi connectivity index (χ3n) is 8.66. The van der Waals surface area contributed by atoms with E-state index in [2.05, 4.69) is 43.6 Å². The van der Waals surface area contributed by atoms with E-state index in [9.17, 15) is 19.2 Å². The predicted octanol–water partition coefficient (Wildman–Crippen LogP) is 2.87. The van der Waals surface area contributed by atoms with E-state index in [1.807, 2.05) is 48.5 Å². The van der Waals surface area contributed by atoms with Crippen LogP contribution in [0.1, 0.15) is 52.6 Å². The Morgan fingerprint density at radius 3 is 2.39 bits per heavy atom. The number of hydrogen-bond acceptors (Lipinski definition) is 8. The number of likely N-dealkylation sites (N-methyl/N-ethyl adjacent to an activating group) is 1.